The van der Waals surface area contributed by atoms with E-state index in [0.717, 1.165) is 37.0 Å². The highest BCUT2D eigenvalue weighted by atomic mass is 31.2. The summed E-state index contributed by atoms with van der Waals surface area (Å²) in [4.78, 5) is 0. The Morgan fingerprint density at radius 3 is 1.83 bits per heavy atom. The van der Waals surface area contributed by atoms with Gasteiger partial charge in [0.25, 0.3) is 0 Å². The maximum atomic E-state index is 11.2. The molecule has 0 aromatic heterocycles. The van der Waals surface area contributed by atoms with Gasteiger partial charge in [0.15, 0.2) is 0 Å². The van der Waals surface area contributed by atoms with Crippen LogP contribution >= 0.6 is 28.0 Å². The molecule has 2 aliphatic carbocycles. The average molecular weight is 665 g/mol. The summed E-state index contributed by atoms with van der Waals surface area (Å²) in [6.45, 7) is 16.3. The standard InChI is InChI=1S/C32H65BO5P4/c1-21-14-27(32(30(21)34)38-42(12,13)36-16-26-15-28(33)24(4)31(26)35)17-39(6,7)19-41(10,11)20-40(8,9)18-29-23(3)22(2)25(5)37-29/h21-32,34-35H,6,8,10,12,14-20,33H2,1-5,7,9,11,13H3. The number of aliphatic hydroxyl groups excluding tert-OH is 2. The second kappa shape index (κ2) is 14.0. The van der Waals surface area contributed by atoms with Gasteiger partial charge in [0.05, 0.1) is 37.1 Å². The predicted octanol–water partition coefficient (Wildman–Crippen LogP) is 5.97. The fourth-order valence-electron chi connectivity index (χ4n) is 8.29. The van der Waals surface area contributed by atoms with Gasteiger partial charge in [0.1, 0.15) is 15.2 Å². The van der Waals surface area contributed by atoms with E-state index in [4.69, 9.17) is 32.7 Å². The van der Waals surface area contributed by atoms with E-state index < -0.39 is 34.1 Å². The SMILES string of the molecule is BC1CC(COP(=C)(C)OC2C(CP(=C)(C)CP(=C)(C)CP(=C)(C)CC3OC(C)C(C)C3C)CC(C)C2O)C(O)C1C. The van der Waals surface area contributed by atoms with Crippen LogP contribution in [0, 0.1) is 35.5 Å². The molecule has 16 atom stereocenters. The van der Waals surface area contributed by atoms with E-state index in [0.29, 0.717) is 36.5 Å². The third-order valence-electron chi connectivity index (χ3n) is 10.8. The van der Waals surface area contributed by atoms with Crippen molar-refractivity contribution in [3.8, 4) is 0 Å². The molecule has 0 radical (unpaired) electrons. The molecule has 0 aromatic carbocycles. The largest absolute Gasteiger partial charge is 0.392 e. The van der Waals surface area contributed by atoms with Crippen LogP contribution in [0.3, 0.4) is 0 Å². The lowest BCUT2D eigenvalue weighted by molar-refractivity contribution is 0.0189. The molecule has 0 spiro atoms. The lowest BCUT2D eigenvalue weighted by Gasteiger charge is -2.37. The van der Waals surface area contributed by atoms with Crippen LogP contribution in [0.1, 0.15) is 47.5 Å². The summed E-state index contributed by atoms with van der Waals surface area (Å²) >= 11 is 0. The Morgan fingerprint density at radius 2 is 1.33 bits per heavy atom. The molecule has 16 unspecified atom stereocenters. The Balaban J connectivity index is 1.61. The van der Waals surface area contributed by atoms with E-state index in [1.54, 1.807) is 0 Å². The molecule has 2 N–H and O–H groups in total. The Bertz CT molecular complexity index is 1130. The van der Waals surface area contributed by atoms with Crippen LogP contribution in [-0.4, -0.2) is 131 Å². The molecule has 1 aliphatic heterocycles. The molecule has 42 heavy (non-hydrogen) atoms. The Morgan fingerprint density at radius 1 is 0.762 bits per heavy atom. The molecule has 2 saturated carbocycles. The average Bonchev–Trinajstić information content (AvgIpc) is 3.32. The molecular formula is C32H65BO5P4. The van der Waals surface area contributed by atoms with Crippen LogP contribution in [0.2, 0.25) is 5.82 Å². The summed E-state index contributed by atoms with van der Waals surface area (Å²) in [7, 11) is -0.224. The third-order valence-corrected chi connectivity index (χ3v) is 25.7. The van der Waals surface area contributed by atoms with Crippen LogP contribution in [0.5, 0.6) is 0 Å². The highest BCUT2D eigenvalue weighted by molar-refractivity contribution is 7.95. The zero-order valence-corrected chi connectivity index (χ0v) is 32.2. The molecule has 0 bridgehead atoms. The van der Waals surface area contributed by atoms with Crippen molar-refractivity contribution in [2.45, 2.75) is 83.8 Å². The monoisotopic (exact) mass is 664 g/mol. The highest BCUT2D eigenvalue weighted by Crippen LogP contribution is 2.66. The molecule has 5 nitrogen and oxygen atoms in total. The lowest BCUT2D eigenvalue weighted by atomic mass is 9.79. The van der Waals surface area contributed by atoms with Gasteiger partial charge in [0.2, 0.25) is 0 Å². The molecule has 10 heteroatoms. The first-order chi connectivity index (χ1) is 19.0. The van der Waals surface area contributed by atoms with Crippen LogP contribution in [0.4, 0.5) is 0 Å². The summed E-state index contributed by atoms with van der Waals surface area (Å²) in [6.07, 6.45) is 22.3. The smallest absolute Gasteiger partial charge is 0.114 e. The van der Waals surface area contributed by atoms with E-state index in [-0.39, 0.29) is 35.9 Å². The van der Waals surface area contributed by atoms with E-state index in [1.165, 1.54) is 0 Å². The number of rotatable bonds is 13. The van der Waals surface area contributed by atoms with Crippen molar-refractivity contribution in [3.05, 3.63) is 0 Å². The topological polar surface area (TPSA) is 68.2 Å². The fraction of sp³-hybridized carbons (Fsp3) is 0.875. The van der Waals surface area contributed by atoms with Gasteiger partial charge in [-0.15, -0.1) is 39.6 Å². The van der Waals surface area contributed by atoms with Crippen molar-refractivity contribution in [2.75, 3.05) is 57.4 Å². The van der Waals surface area contributed by atoms with Crippen molar-refractivity contribution in [1.29, 1.82) is 0 Å². The molecule has 1 heterocycles. The van der Waals surface area contributed by atoms with Crippen LogP contribution < -0.4 is 0 Å². The fourth-order valence-corrected chi connectivity index (χ4v) is 27.7. The summed E-state index contributed by atoms with van der Waals surface area (Å²) in [5.41, 5.74) is 0. The summed E-state index contributed by atoms with van der Waals surface area (Å²) in [6, 6.07) is 0. The van der Waals surface area contributed by atoms with Gasteiger partial charge in [-0.3, -0.25) is 0 Å². The number of hydrogen-bond donors (Lipinski definition) is 2. The minimum absolute atomic E-state index is 0.118. The zero-order chi connectivity index (χ0) is 32.0. The van der Waals surface area contributed by atoms with E-state index in [9.17, 15) is 10.2 Å². The van der Waals surface area contributed by atoms with Gasteiger partial charge < -0.3 is 24.0 Å². The Hall–Kier alpha value is 1.06. The van der Waals surface area contributed by atoms with Crippen LogP contribution in [-0.2, 0) is 13.8 Å². The first-order valence-electron chi connectivity index (χ1n) is 16.2. The van der Waals surface area contributed by atoms with Gasteiger partial charge in [-0.2, -0.15) is 0 Å². The van der Waals surface area contributed by atoms with E-state index in [2.05, 4.69) is 68.8 Å². The molecule has 0 amide bonds. The van der Waals surface area contributed by atoms with Gasteiger partial charge >= 0.3 is 0 Å². The van der Waals surface area contributed by atoms with Gasteiger partial charge in [-0.25, -0.2) is 0 Å². The zero-order valence-electron chi connectivity index (χ0n) is 28.6. The molecular weight excluding hydrogens is 599 g/mol. The number of ether oxygens (including phenoxy) is 1. The van der Waals surface area contributed by atoms with Crippen molar-refractivity contribution >= 4 is 61.0 Å². The lowest BCUT2D eigenvalue weighted by Crippen LogP contribution is -2.32. The van der Waals surface area contributed by atoms with Gasteiger partial charge in [-0.05, 0) is 93.5 Å². The maximum Gasteiger partial charge on any atom is 0.114 e. The van der Waals surface area contributed by atoms with Crippen molar-refractivity contribution in [2.24, 2.45) is 35.5 Å². The van der Waals surface area contributed by atoms with Crippen LogP contribution in [0.15, 0.2) is 0 Å². The van der Waals surface area contributed by atoms with Gasteiger partial charge in [-0.1, -0.05) is 39.8 Å². The number of hydrogen-bond acceptors (Lipinski definition) is 5. The molecule has 3 aliphatic rings. The normalized spacial score (nSPS) is 44.7. The summed E-state index contributed by atoms with van der Waals surface area (Å²) < 4.78 is 19.3. The van der Waals surface area contributed by atoms with Crippen LogP contribution in [0.25, 0.3) is 0 Å². The molecule has 0 aromatic rings. The second-order valence-electron chi connectivity index (χ2n) is 16.3. The molecule has 246 valence electrons. The summed E-state index contributed by atoms with van der Waals surface area (Å²) in [5, 5.41) is 21.8. The number of aliphatic hydroxyl groups is 2. The second-order valence-corrected chi connectivity index (χ2v) is 31.5. The highest BCUT2D eigenvalue weighted by Gasteiger charge is 2.45. The molecule has 1 saturated heterocycles. The minimum atomic E-state index is -2.42. The molecule has 3 rings (SSSR count). The third kappa shape index (κ3) is 9.79. The minimum Gasteiger partial charge on any atom is -0.392 e. The predicted molar refractivity (Wildman–Crippen MR) is 202 cm³/mol. The molecule has 3 fully saturated rings. The van der Waals surface area contributed by atoms with E-state index >= 15 is 0 Å². The maximum absolute atomic E-state index is 11.2. The Labute approximate surface area is 261 Å². The first kappa shape index (κ1) is 37.5. The first-order valence-corrected chi connectivity index (χ1v) is 26.8. The quantitative estimate of drug-likeness (QED) is 0.188. The summed E-state index contributed by atoms with van der Waals surface area (Å²) in [5.74, 6) is 4.73. The Kier molecular flexibility index (Phi) is 12.5. The van der Waals surface area contributed by atoms with Crippen molar-refractivity contribution < 1.29 is 24.0 Å². The van der Waals surface area contributed by atoms with E-state index in [1.807, 2.05) is 6.66 Å². The van der Waals surface area contributed by atoms with Crippen molar-refractivity contribution in [1.82, 2.24) is 0 Å². The van der Waals surface area contributed by atoms with Crippen molar-refractivity contribution in [3.63, 3.8) is 0 Å². The van der Waals surface area contributed by atoms with Gasteiger partial charge in [0, 0.05) is 12.6 Å².